The van der Waals surface area contributed by atoms with Crippen LogP contribution in [0.1, 0.15) is 47.0 Å². The summed E-state index contributed by atoms with van der Waals surface area (Å²) in [4.78, 5) is 11.2. The lowest BCUT2D eigenvalue weighted by Gasteiger charge is -2.42. The van der Waals surface area contributed by atoms with Gasteiger partial charge in [-0.3, -0.25) is 4.79 Å². The van der Waals surface area contributed by atoms with E-state index in [0.717, 1.165) is 5.92 Å². The number of carbonyl (C=O) groups is 1. The van der Waals surface area contributed by atoms with Crippen LogP contribution in [-0.4, -0.2) is 11.4 Å². The van der Waals surface area contributed by atoms with E-state index in [1.165, 1.54) is 19.3 Å². The Bertz CT molecular complexity index is 271. The van der Waals surface area contributed by atoms with Gasteiger partial charge in [-0.05, 0) is 36.5 Å². The van der Waals surface area contributed by atoms with E-state index < -0.39 is 0 Å². The predicted octanol–water partition coefficient (Wildman–Crippen LogP) is 2.34. The topological polar surface area (TPSA) is 29.1 Å². The summed E-state index contributed by atoms with van der Waals surface area (Å²) in [7, 11) is 0. The summed E-state index contributed by atoms with van der Waals surface area (Å²) in [6.07, 6.45) is 3.67. The molecule has 2 fully saturated rings. The molecule has 0 aromatic carbocycles. The number of carbonyl (C=O) groups excluding carboxylic acids is 1. The maximum Gasteiger partial charge on any atom is 0.217 e. The summed E-state index contributed by atoms with van der Waals surface area (Å²) >= 11 is 0. The van der Waals surface area contributed by atoms with Crippen molar-refractivity contribution in [2.45, 2.75) is 52.5 Å². The lowest BCUT2D eigenvalue weighted by atomic mass is 9.67. The summed E-state index contributed by atoms with van der Waals surface area (Å²) in [5.74, 6) is 1.55. The quantitative estimate of drug-likeness (QED) is 0.683. The number of hydrogen-bond acceptors (Lipinski definition) is 1. The summed E-state index contributed by atoms with van der Waals surface area (Å²) in [5, 5.41) is 3.21. The smallest absolute Gasteiger partial charge is 0.217 e. The Hall–Kier alpha value is -0.530. The molecule has 2 aliphatic rings. The molecule has 0 aromatic heterocycles. The third kappa shape index (κ3) is 1.12. The van der Waals surface area contributed by atoms with E-state index in [-0.39, 0.29) is 11.4 Å². The van der Waals surface area contributed by atoms with E-state index in [4.69, 9.17) is 0 Å². The van der Waals surface area contributed by atoms with Gasteiger partial charge in [0.2, 0.25) is 5.91 Å². The first-order valence-corrected chi connectivity index (χ1v) is 5.67. The largest absolute Gasteiger partial charge is 0.351 e. The monoisotopic (exact) mass is 195 g/mol. The molecule has 0 aromatic rings. The van der Waals surface area contributed by atoms with Gasteiger partial charge in [0.15, 0.2) is 0 Å². The second-order valence-electron chi connectivity index (χ2n) is 5.82. The fourth-order valence-corrected chi connectivity index (χ4v) is 3.74. The normalized spacial score (nSPS) is 44.0. The molecule has 2 bridgehead atoms. The predicted molar refractivity (Wildman–Crippen MR) is 56.8 cm³/mol. The van der Waals surface area contributed by atoms with Crippen molar-refractivity contribution in [3.63, 3.8) is 0 Å². The van der Waals surface area contributed by atoms with Crippen LogP contribution in [0, 0.1) is 17.3 Å². The van der Waals surface area contributed by atoms with Gasteiger partial charge in [0.25, 0.3) is 0 Å². The minimum absolute atomic E-state index is 0.125. The molecular formula is C12H21NO. The highest BCUT2D eigenvalue weighted by atomic mass is 16.1. The Kier molecular flexibility index (Phi) is 1.96. The highest BCUT2D eigenvalue weighted by Gasteiger charge is 2.59. The fraction of sp³-hybridized carbons (Fsp3) is 0.917. The van der Waals surface area contributed by atoms with Crippen molar-refractivity contribution in [2.24, 2.45) is 17.3 Å². The van der Waals surface area contributed by atoms with Crippen molar-refractivity contribution in [3.05, 3.63) is 0 Å². The van der Waals surface area contributed by atoms with Gasteiger partial charge in [-0.1, -0.05) is 20.8 Å². The van der Waals surface area contributed by atoms with E-state index in [9.17, 15) is 4.79 Å². The summed E-state index contributed by atoms with van der Waals surface area (Å²) < 4.78 is 0. The number of rotatable bonds is 1. The Labute approximate surface area is 86.5 Å². The van der Waals surface area contributed by atoms with Crippen LogP contribution in [0.25, 0.3) is 0 Å². The summed E-state index contributed by atoms with van der Waals surface area (Å²) in [6.45, 7) is 8.64. The zero-order valence-electron chi connectivity index (χ0n) is 9.68. The molecular weight excluding hydrogens is 174 g/mol. The zero-order valence-corrected chi connectivity index (χ0v) is 9.68. The molecule has 3 atom stereocenters. The number of fused-ring (bicyclic) bond motifs is 2. The van der Waals surface area contributed by atoms with Crippen LogP contribution in [0.4, 0.5) is 0 Å². The van der Waals surface area contributed by atoms with Gasteiger partial charge in [0, 0.05) is 12.5 Å². The number of amides is 1. The maximum atomic E-state index is 11.2. The Morgan fingerprint density at radius 1 is 1.43 bits per heavy atom. The van der Waals surface area contributed by atoms with Gasteiger partial charge in [-0.2, -0.15) is 0 Å². The second-order valence-corrected chi connectivity index (χ2v) is 5.82. The van der Waals surface area contributed by atoms with Gasteiger partial charge in [-0.15, -0.1) is 0 Å². The van der Waals surface area contributed by atoms with Crippen LogP contribution in [0.5, 0.6) is 0 Å². The van der Waals surface area contributed by atoms with E-state index >= 15 is 0 Å². The minimum atomic E-state index is 0.125. The van der Waals surface area contributed by atoms with Crippen molar-refractivity contribution >= 4 is 5.91 Å². The van der Waals surface area contributed by atoms with Crippen molar-refractivity contribution in [2.75, 3.05) is 0 Å². The molecule has 2 heteroatoms. The van der Waals surface area contributed by atoms with Gasteiger partial charge < -0.3 is 5.32 Å². The molecule has 2 saturated carbocycles. The van der Waals surface area contributed by atoms with E-state index in [1.54, 1.807) is 6.92 Å². The average Bonchev–Trinajstić information content (AvgIpc) is 2.52. The van der Waals surface area contributed by atoms with Gasteiger partial charge in [0.05, 0.1) is 0 Å². The molecule has 2 nitrogen and oxygen atoms in total. The van der Waals surface area contributed by atoms with Crippen LogP contribution in [-0.2, 0) is 4.79 Å². The highest BCUT2D eigenvalue weighted by molar-refractivity contribution is 5.74. The van der Waals surface area contributed by atoms with E-state index in [1.807, 2.05) is 0 Å². The van der Waals surface area contributed by atoms with Crippen LogP contribution >= 0.6 is 0 Å². The number of nitrogens with one attached hydrogen (secondary N) is 1. The summed E-state index contributed by atoms with van der Waals surface area (Å²) in [6, 6.07) is 0. The minimum Gasteiger partial charge on any atom is -0.351 e. The lowest BCUT2D eigenvalue weighted by molar-refractivity contribution is -0.121. The van der Waals surface area contributed by atoms with E-state index in [2.05, 4.69) is 26.1 Å². The molecule has 80 valence electrons. The lowest BCUT2D eigenvalue weighted by Crippen LogP contribution is -2.51. The van der Waals surface area contributed by atoms with Crippen LogP contribution in [0.3, 0.4) is 0 Å². The molecule has 0 aliphatic heterocycles. The standard InChI is InChI=1S/C12H21NO/c1-8-11(3,4)10-5-6-12(8,7-10)13-9(2)14/h8,10H,5-7H2,1-4H3,(H,13,14)/t8-,10+,12+/m0/s1. The van der Waals surface area contributed by atoms with Gasteiger partial charge in [0.1, 0.15) is 0 Å². The SMILES string of the molecule is CC(=O)N[C@]12CC[C@H](C1)C(C)(C)[C@@H]2C. The highest BCUT2D eigenvalue weighted by Crippen LogP contribution is 2.61. The molecule has 0 radical (unpaired) electrons. The molecule has 2 aliphatic carbocycles. The van der Waals surface area contributed by atoms with Crippen molar-refractivity contribution in [1.29, 1.82) is 0 Å². The summed E-state index contributed by atoms with van der Waals surface area (Å²) in [5.41, 5.74) is 0.528. The molecule has 2 rings (SSSR count). The van der Waals surface area contributed by atoms with Crippen molar-refractivity contribution < 1.29 is 4.79 Å². The molecule has 0 saturated heterocycles. The Morgan fingerprint density at radius 3 is 2.50 bits per heavy atom. The van der Waals surface area contributed by atoms with Crippen LogP contribution in [0.15, 0.2) is 0 Å². The fourth-order valence-electron chi connectivity index (χ4n) is 3.74. The zero-order chi connectivity index (χ0) is 10.6. The molecule has 0 heterocycles. The third-order valence-corrected chi connectivity index (χ3v) is 4.97. The number of hydrogen-bond donors (Lipinski definition) is 1. The first-order valence-electron chi connectivity index (χ1n) is 5.67. The van der Waals surface area contributed by atoms with E-state index in [0.29, 0.717) is 11.3 Å². The van der Waals surface area contributed by atoms with Crippen LogP contribution < -0.4 is 5.32 Å². The molecule has 14 heavy (non-hydrogen) atoms. The Balaban J connectivity index is 2.26. The molecule has 1 amide bonds. The molecule has 0 spiro atoms. The van der Waals surface area contributed by atoms with Gasteiger partial charge in [-0.25, -0.2) is 0 Å². The van der Waals surface area contributed by atoms with Crippen molar-refractivity contribution in [1.82, 2.24) is 5.32 Å². The molecule has 0 unspecified atom stereocenters. The van der Waals surface area contributed by atoms with Gasteiger partial charge >= 0.3 is 0 Å². The Morgan fingerprint density at radius 2 is 2.07 bits per heavy atom. The second kappa shape index (κ2) is 2.74. The molecule has 1 N–H and O–H groups in total. The first kappa shape index (κ1) is 10.0. The first-order chi connectivity index (χ1) is 6.38. The average molecular weight is 195 g/mol. The maximum absolute atomic E-state index is 11.2. The van der Waals surface area contributed by atoms with Crippen LogP contribution in [0.2, 0.25) is 0 Å². The third-order valence-electron chi connectivity index (χ3n) is 4.97. The van der Waals surface area contributed by atoms with Crippen molar-refractivity contribution in [3.8, 4) is 0 Å².